The zero-order chi connectivity index (χ0) is 10.7. The van der Waals surface area contributed by atoms with E-state index in [1.807, 2.05) is 24.3 Å². The maximum Gasteiger partial charge on any atom is 0.157 e. The third-order valence-electron chi connectivity index (χ3n) is 1.95. The van der Waals surface area contributed by atoms with Crippen LogP contribution in [0.15, 0.2) is 28.7 Å². The third kappa shape index (κ3) is 2.21. The first-order valence-electron chi connectivity index (χ1n) is 4.54. The Morgan fingerprint density at radius 2 is 2.27 bits per heavy atom. The minimum Gasteiger partial charge on any atom is -0.330 e. The van der Waals surface area contributed by atoms with Gasteiger partial charge in [-0.15, -0.1) is 5.10 Å². The van der Waals surface area contributed by atoms with Crippen LogP contribution in [-0.4, -0.2) is 26.8 Å². The molecule has 0 atom stereocenters. The minimum atomic E-state index is 0.536. The summed E-state index contributed by atoms with van der Waals surface area (Å²) >= 11 is 3.40. The molecule has 0 aliphatic heterocycles. The first-order valence-corrected chi connectivity index (χ1v) is 5.34. The van der Waals surface area contributed by atoms with E-state index in [2.05, 4.69) is 31.5 Å². The van der Waals surface area contributed by atoms with Gasteiger partial charge in [0, 0.05) is 10.9 Å². The van der Waals surface area contributed by atoms with E-state index in [1.165, 1.54) is 0 Å². The Morgan fingerprint density at radius 1 is 1.40 bits per heavy atom. The van der Waals surface area contributed by atoms with Crippen LogP contribution >= 0.6 is 15.9 Å². The lowest BCUT2D eigenvalue weighted by Gasteiger charge is -2.03. The maximum atomic E-state index is 5.48. The third-order valence-corrected chi connectivity index (χ3v) is 2.45. The summed E-state index contributed by atoms with van der Waals surface area (Å²) in [6.45, 7) is 0.536. The van der Waals surface area contributed by atoms with Gasteiger partial charge in [-0.1, -0.05) is 22.0 Å². The number of nitrogens with two attached hydrogens (primary N) is 1. The molecule has 2 N–H and O–H groups in total. The molecule has 5 nitrogen and oxygen atoms in total. The van der Waals surface area contributed by atoms with E-state index in [1.54, 1.807) is 4.68 Å². The van der Waals surface area contributed by atoms with E-state index in [-0.39, 0.29) is 0 Å². The fourth-order valence-corrected chi connectivity index (χ4v) is 1.69. The van der Waals surface area contributed by atoms with Crippen molar-refractivity contribution >= 4 is 15.9 Å². The summed E-state index contributed by atoms with van der Waals surface area (Å²) in [5.41, 5.74) is 6.41. The molecule has 0 unspecified atom stereocenters. The van der Waals surface area contributed by atoms with E-state index < -0.39 is 0 Å². The van der Waals surface area contributed by atoms with Crippen molar-refractivity contribution in [1.29, 1.82) is 0 Å². The fraction of sp³-hybridized carbons (Fsp3) is 0.222. The molecule has 1 aromatic carbocycles. The van der Waals surface area contributed by atoms with Crippen LogP contribution in [0.3, 0.4) is 0 Å². The molecule has 6 heteroatoms. The van der Waals surface area contributed by atoms with Crippen molar-refractivity contribution in [2.24, 2.45) is 5.73 Å². The highest BCUT2D eigenvalue weighted by Crippen LogP contribution is 2.15. The van der Waals surface area contributed by atoms with Gasteiger partial charge in [-0.3, -0.25) is 0 Å². The van der Waals surface area contributed by atoms with Gasteiger partial charge in [-0.2, -0.15) is 4.68 Å². The summed E-state index contributed by atoms with van der Waals surface area (Å²) in [5, 5.41) is 11.5. The van der Waals surface area contributed by atoms with E-state index >= 15 is 0 Å². The van der Waals surface area contributed by atoms with Gasteiger partial charge in [0.1, 0.15) is 0 Å². The van der Waals surface area contributed by atoms with Crippen molar-refractivity contribution in [2.75, 3.05) is 6.54 Å². The Labute approximate surface area is 95.4 Å². The highest BCUT2D eigenvalue weighted by Gasteiger charge is 2.06. The van der Waals surface area contributed by atoms with E-state index in [0.29, 0.717) is 13.0 Å². The monoisotopic (exact) mass is 267 g/mol. The summed E-state index contributed by atoms with van der Waals surface area (Å²) in [6, 6.07) is 7.79. The number of nitrogens with zero attached hydrogens (tertiary/aromatic N) is 4. The van der Waals surface area contributed by atoms with E-state index in [0.717, 1.165) is 16.0 Å². The van der Waals surface area contributed by atoms with Crippen LogP contribution in [0.5, 0.6) is 0 Å². The Morgan fingerprint density at radius 3 is 3.00 bits per heavy atom. The Kier molecular flexibility index (Phi) is 3.08. The van der Waals surface area contributed by atoms with Gasteiger partial charge < -0.3 is 5.73 Å². The Balaban J connectivity index is 2.40. The molecule has 1 aromatic heterocycles. The summed E-state index contributed by atoms with van der Waals surface area (Å²) in [4.78, 5) is 0. The molecular formula is C9H10BrN5. The van der Waals surface area contributed by atoms with Crippen molar-refractivity contribution < 1.29 is 0 Å². The van der Waals surface area contributed by atoms with E-state index in [4.69, 9.17) is 5.73 Å². The number of hydrogen-bond donors (Lipinski definition) is 1. The van der Waals surface area contributed by atoms with Crippen molar-refractivity contribution in [3.63, 3.8) is 0 Å². The summed E-state index contributed by atoms with van der Waals surface area (Å²) in [6.07, 6.45) is 0.666. The molecule has 0 saturated carbocycles. The van der Waals surface area contributed by atoms with Crippen LogP contribution in [0.1, 0.15) is 5.82 Å². The zero-order valence-electron chi connectivity index (χ0n) is 7.97. The molecule has 0 aliphatic carbocycles. The molecule has 2 aromatic rings. The SMILES string of the molecule is NCCc1nnnn1-c1cccc(Br)c1. The van der Waals surface area contributed by atoms with Gasteiger partial charge in [0.05, 0.1) is 5.69 Å². The van der Waals surface area contributed by atoms with Crippen molar-refractivity contribution in [3.05, 3.63) is 34.6 Å². The first-order chi connectivity index (χ1) is 7.31. The Hall–Kier alpha value is -1.27. The van der Waals surface area contributed by atoms with Crippen LogP contribution in [0, 0.1) is 0 Å². The summed E-state index contributed by atoms with van der Waals surface area (Å²) < 4.78 is 2.69. The molecule has 0 radical (unpaired) electrons. The van der Waals surface area contributed by atoms with Crippen molar-refractivity contribution in [1.82, 2.24) is 20.2 Å². The molecule has 0 saturated heterocycles. The average Bonchev–Trinajstić information content (AvgIpc) is 2.66. The number of halogens is 1. The molecule has 2 rings (SSSR count). The maximum absolute atomic E-state index is 5.48. The second-order valence-electron chi connectivity index (χ2n) is 3.03. The fourth-order valence-electron chi connectivity index (χ4n) is 1.30. The highest BCUT2D eigenvalue weighted by atomic mass is 79.9. The predicted molar refractivity (Wildman–Crippen MR) is 59.6 cm³/mol. The molecule has 15 heavy (non-hydrogen) atoms. The zero-order valence-corrected chi connectivity index (χ0v) is 9.55. The van der Waals surface area contributed by atoms with Gasteiger partial charge >= 0.3 is 0 Å². The normalized spacial score (nSPS) is 10.5. The highest BCUT2D eigenvalue weighted by molar-refractivity contribution is 9.10. The van der Waals surface area contributed by atoms with E-state index in [9.17, 15) is 0 Å². The van der Waals surface area contributed by atoms with Gasteiger partial charge in [-0.25, -0.2) is 0 Å². The molecule has 1 heterocycles. The summed E-state index contributed by atoms with van der Waals surface area (Å²) in [5.74, 6) is 0.774. The van der Waals surface area contributed by atoms with Crippen molar-refractivity contribution in [2.45, 2.75) is 6.42 Å². The second-order valence-corrected chi connectivity index (χ2v) is 3.94. The standard InChI is InChI=1S/C9H10BrN5/c10-7-2-1-3-8(6-7)15-9(4-5-11)12-13-14-15/h1-3,6H,4-5,11H2. The molecular weight excluding hydrogens is 258 g/mol. The Bertz CT molecular complexity index is 453. The van der Waals surface area contributed by atoms with Crippen LogP contribution in [0.2, 0.25) is 0 Å². The average molecular weight is 268 g/mol. The lowest BCUT2D eigenvalue weighted by molar-refractivity contribution is 0.755. The van der Waals surface area contributed by atoms with Crippen LogP contribution < -0.4 is 5.73 Å². The molecule has 0 spiro atoms. The molecule has 78 valence electrons. The number of benzene rings is 1. The topological polar surface area (TPSA) is 69.6 Å². The number of aromatic nitrogens is 4. The van der Waals surface area contributed by atoms with Crippen molar-refractivity contribution in [3.8, 4) is 5.69 Å². The molecule has 0 aliphatic rings. The quantitative estimate of drug-likeness (QED) is 0.898. The van der Waals surface area contributed by atoms with Gasteiger partial charge in [0.25, 0.3) is 0 Å². The number of hydrogen-bond acceptors (Lipinski definition) is 4. The van der Waals surface area contributed by atoms with Crippen LogP contribution in [0.25, 0.3) is 5.69 Å². The predicted octanol–water partition coefficient (Wildman–Crippen LogP) is 0.926. The van der Waals surface area contributed by atoms with Gasteiger partial charge in [-0.05, 0) is 35.2 Å². The van der Waals surface area contributed by atoms with Gasteiger partial charge in [0.15, 0.2) is 5.82 Å². The van der Waals surface area contributed by atoms with Gasteiger partial charge in [0.2, 0.25) is 0 Å². The number of rotatable bonds is 3. The lowest BCUT2D eigenvalue weighted by atomic mass is 10.3. The minimum absolute atomic E-state index is 0.536. The van der Waals surface area contributed by atoms with Crippen LogP contribution in [0.4, 0.5) is 0 Å². The first kappa shape index (κ1) is 10.3. The largest absolute Gasteiger partial charge is 0.330 e. The van der Waals surface area contributed by atoms with Crippen LogP contribution in [-0.2, 0) is 6.42 Å². The molecule has 0 fully saturated rings. The molecule has 0 amide bonds. The lowest BCUT2D eigenvalue weighted by Crippen LogP contribution is -2.09. The smallest absolute Gasteiger partial charge is 0.157 e. The molecule has 0 bridgehead atoms. The summed E-state index contributed by atoms with van der Waals surface area (Å²) in [7, 11) is 0. The second kappa shape index (κ2) is 4.50. The number of tetrazole rings is 1.